The first-order valence-corrected chi connectivity index (χ1v) is 7.39. The summed E-state index contributed by atoms with van der Waals surface area (Å²) in [5, 5.41) is 3.50. The zero-order valence-electron chi connectivity index (χ0n) is 12.4. The van der Waals surface area contributed by atoms with E-state index in [1.165, 1.54) is 30.5 Å². The Balaban J connectivity index is 1.77. The molecular weight excluding hydrogens is 265 g/mol. The van der Waals surface area contributed by atoms with Crippen molar-refractivity contribution in [1.82, 2.24) is 5.32 Å². The quantitative estimate of drug-likeness (QED) is 0.874. The Hall–Kier alpha value is -1.87. The molecule has 21 heavy (non-hydrogen) atoms. The van der Waals surface area contributed by atoms with Crippen molar-refractivity contribution in [2.45, 2.75) is 39.3 Å². The summed E-state index contributed by atoms with van der Waals surface area (Å²) < 4.78 is 19.1. The molecule has 0 spiro atoms. The first kappa shape index (κ1) is 14.1. The van der Waals surface area contributed by atoms with Gasteiger partial charge in [-0.25, -0.2) is 4.39 Å². The lowest BCUT2D eigenvalue weighted by Crippen LogP contribution is -2.15. The van der Waals surface area contributed by atoms with E-state index < -0.39 is 0 Å². The van der Waals surface area contributed by atoms with Crippen LogP contribution in [0.3, 0.4) is 0 Å². The third-order valence-electron chi connectivity index (χ3n) is 3.78. The number of aryl methyl sites for hydroxylation is 2. The highest BCUT2D eigenvalue weighted by molar-refractivity contribution is 5.42. The van der Waals surface area contributed by atoms with Crippen LogP contribution in [0, 0.1) is 19.7 Å². The van der Waals surface area contributed by atoms with Crippen molar-refractivity contribution in [3.63, 3.8) is 0 Å². The number of benzene rings is 2. The molecule has 1 N–H and O–H groups in total. The highest BCUT2D eigenvalue weighted by Crippen LogP contribution is 2.29. The standard InChI is InChI=1S/C18H20FNO/c1-12-3-4-14(11-20-16-6-7-16)10-18(12)21-17-8-5-15(19)9-13(17)2/h3-5,8-10,16,20H,6-7,11H2,1-2H3. The van der Waals surface area contributed by atoms with E-state index in [1.54, 1.807) is 6.07 Å². The zero-order valence-corrected chi connectivity index (χ0v) is 12.4. The number of nitrogens with one attached hydrogen (secondary N) is 1. The van der Waals surface area contributed by atoms with Gasteiger partial charge in [0.15, 0.2) is 0 Å². The van der Waals surface area contributed by atoms with Crippen LogP contribution in [-0.2, 0) is 6.54 Å². The molecule has 2 aromatic carbocycles. The topological polar surface area (TPSA) is 21.3 Å². The molecule has 2 nitrogen and oxygen atoms in total. The molecule has 0 unspecified atom stereocenters. The summed E-state index contributed by atoms with van der Waals surface area (Å²) in [6.07, 6.45) is 2.56. The molecule has 110 valence electrons. The van der Waals surface area contributed by atoms with Gasteiger partial charge in [0, 0.05) is 12.6 Å². The van der Waals surface area contributed by atoms with Crippen LogP contribution in [0.25, 0.3) is 0 Å². The summed E-state index contributed by atoms with van der Waals surface area (Å²) in [5.74, 6) is 1.30. The van der Waals surface area contributed by atoms with Crippen LogP contribution < -0.4 is 10.1 Å². The molecule has 0 aliphatic heterocycles. The van der Waals surface area contributed by atoms with E-state index in [9.17, 15) is 4.39 Å². The van der Waals surface area contributed by atoms with Crippen LogP contribution in [0.4, 0.5) is 4.39 Å². The second-order valence-corrected chi connectivity index (χ2v) is 5.77. The predicted octanol–water partition coefficient (Wildman–Crippen LogP) is 4.49. The van der Waals surface area contributed by atoms with Gasteiger partial charge in [0.2, 0.25) is 0 Å². The molecule has 1 aliphatic rings. The van der Waals surface area contributed by atoms with E-state index in [1.807, 2.05) is 13.8 Å². The molecule has 1 aliphatic carbocycles. The van der Waals surface area contributed by atoms with Gasteiger partial charge in [-0.2, -0.15) is 0 Å². The van der Waals surface area contributed by atoms with Crippen molar-refractivity contribution in [2.24, 2.45) is 0 Å². The Morgan fingerprint density at radius 2 is 1.86 bits per heavy atom. The fourth-order valence-electron chi connectivity index (χ4n) is 2.26. The lowest BCUT2D eigenvalue weighted by atomic mass is 10.1. The molecule has 0 aromatic heterocycles. The van der Waals surface area contributed by atoms with Gasteiger partial charge >= 0.3 is 0 Å². The van der Waals surface area contributed by atoms with Crippen LogP contribution in [-0.4, -0.2) is 6.04 Å². The van der Waals surface area contributed by atoms with E-state index >= 15 is 0 Å². The molecule has 1 fully saturated rings. The number of halogens is 1. The van der Waals surface area contributed by atoms with Crippen molar-refractivity contribution in [3.8, 4) is 11.5 Å². The van der Waals surface area contributed by atoms with Gasteiger partial charge < -0.3 is 10.1 Å². The van der Waals surface area contributed by atoms with E-state index in [2.05, 4.69) is 23.5 Å². The van der Waals surface area contributed by atoms with Gasteiger partial charge in [0.1, 0.15) is 17.3 Å². The zero-order chi connectivity index (χ0) is 14.8. The van der Waals surface area contributed by atoms with Crippen molar-refractivity contribution in [3.05, 3.63) is 58.9 Å². The van der Waals surface area contributed by atoms with Crippen LogP contribution in [0.2, 0.25) is 0 Å². The Labute approximate surface area is 125 Å². The van der Waals surface area contributed by atoms with Gasteiger partial charge in [-0.05, 0) is 67.6 Å². The number of ether oxygens (including phenoxy) is 1. The van der Waals surface area contributed by atoms with Crippen LogP contribution in [0.15, 0.2) is 36.4 Å². The number of rotatable bonds is 5. The maximum atomic E-state index is 13.1. The minimum absolute atomic E-state index is 0.237. The number of hydrogen-bond donors (Lipinski definition) is 1. The molecule has 0 saturated heterocycles. The summed E-state index contributed by atoms with van der Waals surface area (Å²) in [7, 11) is 0. The Morgan fingerprint density at radius 3 is 2.57 bits per heavy atom. The second-order valence-electron chi connectivity index (χ2n) is 5.77. The van der Waals surface area contributed by atoms with Gasteiger partial charge in [-0.3, -0.25) is 0 Å². The molecule has 0 amide bonds. The minimum Gasteiger partial charge on any atom is -0.457 e. The molecule has 1 saturated carbocycles. The highest BCUT2D eigenvalue weighted by atomic mass is 19.1. The van der Waals surface area contributed by atoms with Crippen LogP contribution in [0.1, 0.15) is 29.5 Å². The Morgan fingerprint density at radius 1 is 1.05 bits per heavy atom. The Kier molecular flexibility index (Phi) is 3.93. The lowest BCUT2D eigenvalue weighted by Gasteiger charge is -2.13. The normalized spacial score (nSPS) is 14.2. The minimum atomic E-state index is -0.237. The van der Waals surface area contributed by atoms with E-state index in [0.29, 0.717) is 11.8 Å². The summed E-state index contributed by atoms with van der Waals surface area (Å²) in [6.45, 7) is 4.74. The fourth-order valence-corrected chi connectivity index (χ4v) is 2.26. The molecule has 0 bridgehead atoms. The molecule has 3 rings (SSSR count). The average Bonchev–Trinajstić information content (AvgIpc) is 3.27. The molecule has 0 radical (unpaired) electrons. The largest absolute Gasteiger partial charge is 0.457 e. The second kappa shape index (κ2) is 5.86. The molecule has 0 heterocycles. The molecule has 3 heteroatoms. The maximum absolute atomic E-state index is 13.1. The third-order valence-corrected chi connectivity index (χ3v) is 3.78. The summed E-state index contributed by atoms with van der Waals surface area (Å²) >= 11 is 0. The SMILES string of the molecule is Cc1cc(F)ccc1Oc1cc(CNC2CC2)ccc1C. The summed E-state index contributed by atoms with van der Waals surface area (Å²) in [6, 6.07) is 11.5. The van der Waals surface area contributed by atoms with Crippen molar-refractivity contribution < 1.29 is 9.13 Å². The van der Waals surface area contributed by atoms with Gasteiger partial charge in [-0.15, -0.1) is 0 Å². The monoisotopic (exact) mass is 285 g/mol. The van der Waals surface area contributed by atoms with Crippen molar-refractivity contribution in [2.75, 3.05) is 0 Å². The van der Waals surface area contributed by atoms with E-state index in [4.69, 9.17) is 4.74 Å². The maximum Gasteiger partial charge on any atom is 0.130 e. The van der Waals surface area contributed by atoms with E-state index in [0.717, 1.165) is 23.4 Å². The summed E-state index contributed by atoms with van der Waals surface area (Å²) in [5.41, 5.74) is 3.09. The van der Waals surface area contributed by atoms with Gasteiger partial charge in [-0.1, -0.05) is 12.1 Å². The van der Waals surface area contributed by atoms with Crippen LogP contribution >= 0.6 is 0 Å². The fraction of sp³-hybridized carbons (Fsp3) is 0.333. The smallest absolute Gasteiger partial charge is 0.130 e. The first-order valence-electron chi connectivity index (χ1n) is 7.39. The number of hydrogen-bond acceptors (Lipinski definition) is 2. The Bertz CT molecular complexity index is 650. The summed E-state index contributed by atoms with van der Waals surface area (Å²) in [4.78, 5) is 0. The predicted molar refractivity (Wildman–Crippen MR) is 82.3 cm³/mol. The first-order chi connectivity index (χ1) is 10.1. The molecular formula is C18H20FNO. The van der Waals surface area contributed by atoms with Gasteiger partial charge in [0.05, 0.1) is 0 Å². The molecule has 2 aromatic rings. The van der Waals surface area contributed by atoms with Crippen LogP contribution in [0.5, 0.6) is 11.5 Å². The highest BCUT2D eigenvalue weighted by Gasteiger charge is 2.20. The van der Waals surface area contributed by atoms with Crippen molar-refractivity contribution in [1.29, 1.82) is 0 Å². The third kappa shape index (κ3) is 3.61. The average molecular weight is 285 g/mol. The van der Waals surface area contributed by atoms with Crippen molar-refractivity contribution >= 4 is 0 Å². The molecule has 0 atom stereocenters. The van der Waals surface area contributed by atoms with Gasteiger partial charge in [0.25, 0.3) is 0 Å². The lowest BCUT2D eigenvalue weighted by molar-refractivity contribution is 0.472. The van der Waals surface area contributed by atoms with E-state index in [-0.39, 0.29) is 5.82 Å².